The Hall–Kier alpha value is -1.62. The van der Waals surface area contributed by atoms with Gasteiger partial charge in [0.05, 0.1) is 15.6 Å². The van der Waals surface area contributed by atoms with Crippen LogP contribution in [0, 0.1) is 0 Å². The lowest BCUT2D eigenvalue weighted by Crippen LogP contribution is -2.52. The lowest BCUT2D eigenvalue weighted by Gasteiger charge is -2.25. The van der Waals surface area contributed by atoms with Gasteiger partial charge in [0.25, 0.3) is 5.91 Å². The van der Waals surface area contributed by atoms with Crippen LogP contribution in [0.15, 0.2) is 35.2 Å². The Labute approximate surface area is 146 Å². The zero-order chi connectivity index (χ0) is 19.0. The van der Waals surface area contributed by atoms with E-state index in [1.165, 1.54) is 4.31 Å². The summed E-state index contributed by atoms with van der Waals surface area (Å²) in [7, 11) is -3.81. The van der Waals surface area contributed by atoms with Crippen molar-refractivity contribution in [1.82, 2.24) is 4.31 Å². The number of halogens is 4. The van der Waals surface area contributed by atoms with Gasteiger partial charge in [-0.15, -0.1) is 0 Å². The third-order valence-corrected chi connectivity index (χ3v) is 5.75. The maximum absolute atomic E-state index is 12.6. The van der Waals surface area contributed by atoms with Gasteiger partial charge in [-0.1, -0.05) is 23.8 Å². The van der Waals surface area contributed by atoms with E-state index in [4.69, 9.17) is 11.6 Å². The molecule has 0 aliphatic carbocycles. The molecule has 0 aromatic heterocycles. The molecule has 1 aromatic rings. The molecule has 0 spiro atoms. The van der Waals surface area contributed by atoms with Gasteiger partial charge in [-0.25, -0.2) is 8.42 Å². The molecule has 1 aliphatic heterocycles. The molecular weight excluding hydrogens is 385 g/mol. The second kappa shape index (κ2) is 6.60. The average molecular weight is 399 g/mol. The van der Waals surface area contributed by atoms with Crippen molar-refractivity contribution in [3.63, 3.8) is 0 Å². The summed E-state index contributed by atoms with van der Waals surface area (Å²) in [5, 5.41) is 10.9. The molecule has 2 N–H and O–H groups in total. The van der Waals surface area contributed by atoms with Crippen LogP contribution in [0.1, 0.15) is 6.92 Å². The van der Waals surface area contributed by atoms with Crippen molar-refractivity contribution in [3.05, 3.63) is 35.4 Å². The van der Waals surface area contributed by atoms with Crippen LogP contribution < -0.4 is 5.32 Å². The van der Waals surface area contributed by atoms with Crippen LogP contribution in [-0.4, -0.2) is 48.6 Å². The Morgan fingerprint density at radius 2 is 1.84 bits per heavy atom. The number of carbonyl (C=O) groups excluding carboxylic acids is 1. The number of nitrogens with one attached hydrogen (secondary N) is 1. The lowest BCUT2D eigenvalue weighted by molar-refractivity contribution is -0.242. The highest BCUT2D eigenvalue weighted by atomic mass is 35.5. The van der Waals surface area contributed by atoms with E-state index < -0.39 is 27.7 Å². The van der Waals surface area contributed by atoms with E-state index in [2.05, 4.69) is 0 Å². The quantitative estimate of drug-likeness (QED) is 0.761. The van der Waals surface area contributed by atoms with Gasteiger partial charge in [0, 0.05) is 13.1 Å². The fraction of sp³-hybridized carbons (Fsp3) is 0.357. The molecule has 1 amide bonds. The summed E-state index contributed by atoms with van der Waals surface area (Å²) in [4.78, 5) is 11.5. The second-order valence-electron chi connectivity index (χ2n) is 5.46. The largest absolute Gasteiger partial charge is 0.426 e. The monoisotopic (exact) mass is 398 g/mol. The summed E-state index contributed by atoms with van der Waals surface area (Å²) in [6.07, 6.45) is -1.84. The highest BCUT2D eigenvalue weighted by Gasteiger charge is 2.55. The number of nitrogens with zero attached hydrogens (tertiary/aromatic N) is 1. The summed E-state index contributed by atoms with van der Waals surface area (Å²) in [5.74, 6) is -1.73. The minimum absolute atomic E-state index is 0.165. The molecule has 2 rings (SSSR count). The molecule has 1 atom stereocenters. The first kappa shape index (κ1) is 19.7. The fourth-order valence-corrected chi connectivity index (χ4v) is 3.60. The molecule has 6 nitrogen and oxygen atoms in total. The Morgan fingerprint density at radius 3 is 2.32 bits per heavy atom. The third kappa shape index (κ3) is 3.81. The first-order valence-electron chi connectivity index (χ1n) is 6.92. The fourth-order valence-electron chi connectivity index (χ4n) is 1.93. The van der Waals surface area contributed by atoms with Gasteiger partial charge in [-0.05, 0) is 25.1 Å². The summed E-state index contributed by atoms with van der Waals surface area (Å²) < 4.78 is 63.8. The van der Waals surface area contributed by atoms with Gasteiger partial charge in [0.2, 0.25) is 15.6 Å². The Morgan fingerprint density at radius 1 is 1.28 bits per heavy atom. The summed E-state index contributed by atoms with van der Waals surface area (Å²) in [6.45, 7) is 0.704. The van der Waals surface area contributed by atoms with Gasteiger partial charge in [0.15, 0.2) is 0 Å². The molecule has 0 radical (unpaired) electrons. The Kier molecular flexibility index (Phi) is 5.20. The number of hydrogen-bond acceptors (Lipinski definition) is 4. The maximum Gasteiger partial charge on any atom is 0.426 e. The summed E-state index contributed by atoms with van der Waals surface area (Å²) in [5.41, 5.74) is -3.88. The third-order valence-electron chi connectivity index (χ3n) is 3.61. The predicted molar refractivity (Wildman–Crippen MR) is 84.7 cm³/mol. The number of sulfonamides is 1. The van der Waals surface area contributed by atoms with Crippen LogP contribution in [0.3, 0.4) is 0 Å². The highest BCUT2D eigenvalue weighted by Crippen LogP contribution is 2.33. The van der Waals surface area contributed by atoms with Gasteiger partial charge >= 0.3 is 6.18 Å². The molecule has 0 saturated carbocycles. The van der Waals surface area contributed by atoms with E-state index in [1.807, 2.05) is 5.32 Å². The number of aliphatic hydroxyl groups is 1. The zero-order valence-electron chi connectivity index (χ0n) is 12.8. The minimum Gasteiger partial charge on any atom is -0.373 e. The van der Waals surface area contributed by atoms with Crippen molar-refractivity contribution in [3.8, 4) is 0 Å². The summed E-state index contributed by atoms with van der Waals surface area (Å²) >= 11 is 5.87. The van der Waals surface area contributed by atoms with Crippen LogP contribution in [0.25, 0.3) is 0 Å². The maximum atomic E-state index is 12.6. The van der Waals surface area contributed by atoms with E-state index in [1.54, 1.807) is 12.2 Å². The first-order chi connectivity index (χ1) is 11.4. The first-order valence-corrected chi connectivity index (χ1v) is 8.74. The predicted octanol–water partition coefficient (Wildman–Crippen LogP) is 2.15. The average Bonchev–Trinajstić information content (AvgIpc) is 3.02. The molecule has 1 aliphatic rings. The lowest BCUT2D eigenvalue weighted by atomic mass is 10.1. The molecule has 1 unspecified atom stereocenters. The molecule has 1 aromatic carbocycles. The van der Waals surface area contributed by atoms with Gasteiger partial charge in [-0.3, -0.25) is 4.79 Å². The van der Waals surface area contributed by atoms with Crippen molar-refractivity contribution < 1.29 is 31.5 Å². The van der Waals surface area contributed by atoms with E-state index in [0.717, 1.165) is 18.2 Å². The van der Waals surface area contributed by atoms with Crippen molar-refractivity contribution >= 4 is 33.2 Å². The standard InChI is InChI=1S/C14H14ClF3N2O4S/c1-13(22,14(16,17)18)12(21)19-11-5-4-9(8-10(11)15)25(23,24)20-6-2-3-7-20/h2-5,8,22H,6-7H2,1H3,(H,19,21). The highest BCUT2D eigenvalue weighted by molar-refractivity contribution is 7.89. The zero-order valence-corrected chi connectivity index (χ0v) is 14.4. The van der Waals surface area contributed by atoms with Crippen molar-refractivity contribution in [2.75, 3.05) is 18.4 Å². The van der Waals surface area contributed by atoms with Gasteiger partial charge in [0.1, 0.15) is 0 Å². The number of alkyl halides is 3. The molecule has 11 heteroatoms. The van der Waals surface area contributed by atoms with Crippen molar-refractivity contribution in [2.45, 2.75) is 23.6 Å². The second-order valence-corrected chi connectivity index (χ2v) is 7.80. The molecule has 0 fully saturated rings. The normalized spacial score (nSPS) is 18.2. The number of benzene rings is 1. The molecular formula is C14H14ClF3N2O4S. The molecule has 138 valence electrons. The van der Waals surface area contributed by atoms with Crippen LogP contribution in [0.5, 0.6) is 0 Å². The van der Waals surface area contributed by atoms with Crippen molar-refractivity contribution in [2.24, 2.45) is 0 Å². The summed E-state index contributed by atoms with van der Waals surface area (Å²) in [6, 6.07) is 3.19. The molecule has 0 saturated heterocycles. The number of rotatable bonds is 4. The molecule has 0 bridgehead atoms. The van der Waals surface area contributed by atoms with Crippen LogP contribution >= 0.6 is 11.6 Å². The van der Waals surface area contributed by atoms with E-state index in [9.17, 15) is 31.5 Å². The van der Waals surface area contributed by atoms with E-state index >= 15 is 0 Å². The van der Waals surface area contributed by atoms with Crippen LogP contribution in [0.4, 0.5) is 18.9 Å². The van der Waals surface area contributed by atoms with Crippen molar-refractivity contribution in [1.29, 1.82) is 0 Å². The topological polar surface area (TPSA) is 86.7 Å². The number of anilines is 1. The SMILES string of the molecule is CC(O)(C(=O)Nc1ccc(S(=O)(=O)N2CC=CC2)cc1Cl)C(F)(F)F. The van der Waals surface area contributed by atoms with E-state index in [0.29, 0.717) is 6.92 Å². The van der Waals surface area contributed by atoms with Gasteiger partial charge < -0.3 is 10.4 Å². The molecule has 25 heavy (non-hydrogen) atoms. The molecule has 1 heterocycles. The van der Waals surface area contributed by atoms with Crippen LogP contribution in [-0.2, 0) is 14.8 Å². The smallest absolute Gasteiger partial charge is 0.373 e. The number of hydrogen-bond donors (Lipinski definition) is 2. The Bertz CT molecular complexity index is 814. The van der Waals surface area contributed by atoms with Crippen LogP contribution in [0.2, 0.25) is 5.02 Å². The van der Waals surface area contributed by atoms with E-state index in [-0.39, 0.29) is 28.7 Å². The Balaban J connectivity index is 2.24. The number of carbonyl (C=O) groups is 1. The van der Waals surface area contributed by atoms with Gasteiger partial charge in [-0.2, -0.15) is 17.5 Å². The number of amides is 1. The minimum atomic E-state index is -5.18.